The number of fused-ring (bicyclic) bond motifs is 32. The third kappa shape index (κ3) is 15.8. The van der Waals surface area contributed by atoms with Crippen LogP contribution in [0.15, 0.2) is 46.6 Å². The van der Waals surface area contributed by atoms with Gasteiger partial charge in [-0.2, -0.15) is 0 Å². The molecule has 20 aliphatic rings. The van der Waals surface area contributed by atoms with Crippen LogP contribution in [0.2, 0.25) is 0 Å². The van der Waals surface area contributed by atoms with Gasteiger partial charge in [0, 0.05) is 14.0 Å². The van der Waals surface area contributed by atoms with E-state index in [2.05, 4.69) is 163 Å². The van der Waals surface area contributed by atoms with Crippen molar-refractivity contribution >= 4 is 5.97 Å². The fourth-order valence-corrected chi connectivity index (χ4v) is 34.5. The molecule has 20 rings (SSSR count). The molecule has 20 fully saturated rings. The average Bonchev–Trinajstić information content (AvgIpc) is 1.49. The smallest absolute Gasteiger partial charge is 0.302 e. The van der Waals surface area contributed by atoms with Crippen LogP contribution in [0, 0.1) is 138 Å². The van der Waals surface area contributed by atoms with Gasteiger partial charge in [-0.15, -0.1) is 0 Å². The molecule has 13 heteroatoms. The second kappa shape index (κ2) is 35.4. The van der Waals surface area contributed by atoms with Gasteiger partial charge in [-0.1, -0.05) is 161 Å². The number of aliphatic hydroxyl groups is 2. The molecule has 4 aliphatic heterocycles. The predicted octanol–water partition coefficient (Wildman–Crippen LogP) is 26.6. The highest BCUT2D eigenvalue weighted by Gasteiger charge is 2.74. The van der Waals surface area contributed by atoms with Gasteiger partial charge in [-0.05, 0) is 401 Å². The van der Waals surface area contributed by atoms with Crippen molar-refractivity contribution in [2.75, 3.05) is 7.11 Å². The van der Waals surface area contributed by atoms with E-state index in [-0.39, 0.29) is 149 Å². The second-order valence-corrected chi connectivity index (χ2v) is 45.6. The maximum absolute atomic E-state index is 11.6. The molecule has 16 aliphatic carbocycles. The highest BCUT2D eigenvalue weighted by atomic mass is 16.8. The van der Waals surface area contributed by atoms with E-state index in [4.69, 9.17) is 47.4 Å². The highest BCUT2D eigenvalue weighted by Crippen LogP contribution is 2.75. The topological polar surface area (TPSA) is 150 Å². The zero-order valence-electron chi connectivity index (χ0n) is 74.2. The summed E-state index contributed by atoms with van der Waals surface area (Å²) in [5, 5.41) is 20.9. The van der Waals surface area contributed by atoms with Crippen molar-refractivity contribution in [2.45, 2.75) is 481 Å². The fourth-order valence-electron chi connectivity index (χ4n) is 34.5. The zero-order valence-corrected chi connectivity index (χ0v) is 74.2. The first-order valence-corrected chi connectivity index (χ1v) is 46.8. The lowest BCUT2D eigenvalue weighted by atomic mass is 9.43. The van der Waals surface area contributed by atoms with Crippen LogP contribution in [-0.4, -0.2) is 120 Å². The third-order valence-corrected chi connectivity index (χ3v) is 39.4. The fraction of sp³-hybridized carbons (Fsp3) is 0.916. The minimum Gasteiger partial charge on any atom is -0.463 e. The van der Waals surface area contributed by atoms with E-state index in [9.17, 15) is 15.0 Å². The molecule has 0 bridgehead atoms. The van der Waals surface area contributed by atoms with Gasteiger partial charge in [0.2, 0.25) is 0 Å². The van der Waals surface area contributed by atoms with Crippen molar-refractivity contribution in [3.05, 3.63) is 46.6 Å². The Kier molecular flexibility index (Phi) is 30.0. The summed E-state index contributed by atoms with van der Waals surface area (Å²) in [6.07, 6.45) is 44.7. The van der Waals surface area contributed by atoms with Gasteiger partial charge in [0.1, 0.15) is 6.10 Å². The lowest BCUT2D eigenvalue weighted by Crippen LogP contribution is -2.63. The number of esters is 1. The molecule has 120 heavy (non-hydrogen) atoms. The Balaban J connectivity index is 0.000000178. The molecule has 0 aromatic heterocycles. The number of methoxy groups -OCH3 is 1. The lowest BCUT2D eigenvalue weighted by molar-refractivity contribution is -0.190. The van der Waals surface area contributed by atoms with Crippen molar-refractivity contribution in [3.63, 3.8) is 0 Å². The van der Waals surface area contributed by atoms with E-state index in [1.807, 2.05) is 7.11 Å². The summed E-state index contributed by atoms with van der Waals surface area (Å²) in [7, 11) is 1.88. The van der Waals surface area contributed by atoms with E-state index < -0.39 is 23.1 Å². The minimum atomic E-state index is -0.532. The molecule has 4 heterocycles. The normalized spacial score (nSPS) is 52.3. The van der Waals surface area contributed by atoms with E-state index in [1.54, 1.807) is 22.3 Å². The number of hydrogen-bond acceptors (Lipinski definition) is 13. The van der Waals surface area contributed by atoms with E-state index in [1.165, 1.54) is 122 Å². The summed E-state index contributed by atoms with van der Waals surface area (Å²) >= 11 is 0. The standard InChI is InChI=1S/C26H40O4.C25H40O3.2C24H38O3.8CH4/c1-7-16-8-9-18-21-19(11-13-25(16,18)5)26(6)12-10-17(28-15(2)27)14-20(26)22-23(21)30-24(3,4)29-22;1-7-15-8-9-17-20-18(11-13-24(15,17)4)25(5)12-10-16(26-6)14-19(25)21-22(20)28-23(2,3)27-21;2*1-6-14-7-8-16-19-17(10-12-23(14,16)4)24(5)11-9-15(25)13-18(24)20-21(19)27-22(2,3)26-20;;;;;;;;/h7,17-23H,8-14H2,1-6H3;7,16-22H,8-14H2,1-6H3;2*6,15-21,25H,7-13H2,1-5H3;8*1H4/b16-7-;15-7-;2*14-6-;;;;;;;;/t17-,18?,19?,20?,21?,22-,23-,25-,26-;16-,17?,18?,19?,20?,21+,22+,24+,25+;15-,16?,17?,18?,19?,20+,21+,23+,24+;15-,16?,17?,18?,19?,20-,21-,23-,24-;;;;;;;;/m1001......../s1. The van der Waals surface area contributed by atoms with Crippen molar-refractivity contribution in [1.29, 1.82) is 0 Å². The quantitative estimate of drug-likeness (QED) is 0.200. The molecule has 0 amide bonds. The Morgan fingerprint density at radius 1 is 0.300 bits per heavy atom. The molecule has 13 nitrogen and oxygen atoms in total. The Bertz CT molecular complexity index is 3550. The maximum Gasteiger partial charge on any atom is 0.302 e. The summed E-state index contributed by atoms with van der Waals surface area (Å²) in [5.41, 5.74) is 9.35. The van der Waals surface area contributed by atoms with Gasteiger partial charge in [0.05, 0.1) is 67.1 Å². The van der Waals surface area contributed by atoms with Crippen molar-refractivity contribution < 1.29 is 62.4 Å². The van der Waals surface area contributed by atoms with E-state index in [0.717, 1.165) is 87.9 Å². The Hall–Kier alpha value is -2.01. The van der Waals surface area contributed by atoms with Gasteiger partial charge in [-0.25, -0.2) is 0 Å². The van der Waals surface area contributed by atoms with Crippen molar-refractivity contribution in [1.82, 2.24) is 0 Å². The van der Waals surface area contributed by atoms with Crippen LogP contribution >= 0.6 is 0 Å². The number of allylic oxidation sites excluding steroid dienone is 8. The monoisotopic (exact) mass is 1680 g/mol. The Labute approximate surface area is 736 Å². The molecular weight excluding hydrogens is 1490 g/mol. The van der Waals surface area contributed by atoms with Crippen LogP contribution in [0.5, 0.6) is 0 Å². The molecule has 694 valence electrons. The average molecular weight is 1680 g/mol. The highest BCUT2D eigenvalue weighted by molar-refractivity contribution is 5.66. The maximum atomic E-state index is 11.6. The van der Waals surface area contributed by atoms with E-state index >= 15 is 0 Å². The largest absolute Gasteiger partial charge is 0.463 e. The van der Waals surface area contributed by atoms with Gasteiger partial charge in [0.15, 0.2) is 23.1 Å². The first kappa shape index (κ1) is 102. The third-order valence-electron chi connectivity index (χ3n) is 39.4. The SMILES string of the molecule is C.C.C.C.C.C.C.C.C/C=C1/CCC2C3C(CC[C@]12C)[C@@]1(C)CC[C@@H](O)CC1[C@H]1OC(C)(C)O[C@H]31.C/C=C1/CCC2C3C(CC[C@]12C)[C@@]1(C)CC[C@@H](OC(C)=O)CC1[C@H]1OC(C)(C)O[C@H]31.C/C=C1/CCC2C3C(CC[C@]12C)[C@@]1(C)CC[C@H](O)CC1[C@H]1OC(C)(C)O[C@H]31.C/C=C1/CCC2C3C(CC[C@]12C)[C@@]1(C)CC[C@H](OC)CC1[C@H]1OC(C)(C)O[C@H]31. The van der Waals surface area contributed by atoms with Gasteiger partial charge >= 0.3 is 5.97 Å². The van der Waals surface area contributed by atoms with Gasteiger partial charge in [-0.3, -0.25) is 4.79 Å². The molecule has 0 aromatic carbocycles. The molecule has 16 saturated carbocycles. The molecule has 36 atom stereocenters. The number of carbonyl (C=O) groups excluding carboxylic acids is 1. The van der Waals surface area contributed by atoms with Gasteiger partial charge < -0.3 is 57.6 Å². The molecule has 0 aromatic rings. The second-order valence-electron chi connectivity index (χ2n) is 45.6. The molecule has 0 radical (unpaired) electrons. The van der Waals surface area contributed by atoms with Crippen LogP contribution in [0.3, 0.4) is 0 Å². The zero-order chi connectivity index (χ0) is 79.8. The summed E-state index contributed by atoms with van der Waals surface area (Å²) in [6.45, 7) is 47.6. The first-order valence-electron chi connectivity index (χ1n) is 46.8. The summed E-state index contributed by atoms with van der Waals surface area (Å²) in [5.74, 6) is 7.84. The predicted molar refractivity (Wildman–Crippen MR) is 493 cm³/mol. The summed E-state index contributed by atoms with van der Waals surface area (Å²) in [6, 6.07) is 0. The van der Waals surface area contributed by atoms with Crippen LogP contribution in [0.25, 0.3) is 0 Å². The molecule has 16 unspecified atom stereocenters. The van der Waals surface area contributed by atoms with Crippen LogP contribution in [0.1, 0.15) is 385 Å². The lowest BCUT2D eigenvalue weighted by Gasteiger charge is -2.63. The Morgan fingerprint density at radius 3 is 0.767 bits per heavy atom. The summed E-state index contributed by atoms with van der Waals surface area (Å²) < 4.78 is 64.7. The number of carbonyl (C=O) groups is 1. The number of hydrogen-bond donors (Lipinski definition) is 2. The van der Waals surface area contributed by atoms with Gasteiger partial charge in [0.25, 0.3) is 0 Å². The first-order chi connectivity index (χ1) is 52.7. The summed E-state index contributed by atoms with van der Waals surface area (Å²) in [4.78, 5) is 11.6. The molecule has 0 spiro atoms. The van der Waals surface area contributed by atoms with Crippen LogP contribution in [0.4, 0.5) is 0 Å². The van der Waals surface area contributed by atoms with Crippen LogP contribution in [-0.2, 0) is 52.2 Å². The van der Waals surface area contributed by atoms with Crippen molar-refractivity contribution in [3.8, 4) is 0 Å². The molecule has 4 saturated heterocycles. The Morgan fingerprint density at radius 2 is 0.525 bits per heavy atom. The van der Waals surface area contributed by atoms with Crippen LogP contribution < -0.4 is 0 Å². The number of ether oxygens (including phenoxy) is 10. The molecule has 2 N–H and O–H groups in total. The minimum absolute atomic E-state index is 0. The number of rotatable bonds is 2. The van der Waals surface area contributed by atoms with Crippen molar-refractivity contribution in [2.24, 2.45) is 138 Å². The molecular formula is C107H188O13. The number of aliphatic hydroxyl groups excluding tert-OH is 2. The van der Waals surface area contributed by atoms with E-state index in [0.29, 0.717) is 104 Å².